The highest BCUT2D eigenvalue weighted by Gasteiger charge is 2.39. The Hall–Kier alpha value is -2.04. The predicted molar refractivity (Wildman–Crippen MR) is 121 cm³/mol. The molecule has 4 nitrogen and oxygen atoms in total. The Labute approximate surface area is 181 Å². The third kappa shape index (κ3) is 5.35. The second kappa shape index (κ2) is 10.3. The van der Waals surface area contributed by atoms with Gasteiger partial charge in [0.1, 0.15) is 6.54 Å². The molecule has 1 saturated heterocycles. The first-order chi connectivity index (χ1) is 14.5. The highest BCUT2D eigenvalue weighted by molar-refractivity contribution is 5.42. The fraction of sp³-hybridized carbons (Fsp3) is 0.538. The van der Waals surface area contributed by atoms with Crippen molar-refractivity contribution in [2.24, 2.45) is 5.92 Å². The molecule has 164 valence electrons. The molecular weight excluding hydrogens is 374 g/mol. The first-order valence-corrected chi connectivity index (χ1v) is 11.2. The molecule has 2 aromatic rings. The van der Waals surface area contributed by atoms with Gasteiger partial charge in [-0.3, -0.25) is 0 Å². The van der Waals surface area contributed by atoms with Gasteiger partial charge >= 0.3 is 0 Å². The summed E-state index contributed by atoms with van der Waals surface area (Å²) >= 11 is 0. The van der Waals surface area contributed by atoms with Gasteiger partial charge in [-0.1, -0.05) is 43.7 Å². The van der Waals surface area contributed by atoms with Crippen LogP contribution in [0.3, 0.4) is 0 Å². The molecule has 0 bridgehead atoms. The number of quaternary nitrogens is 1. The number of hydrogen-bond acceptors (Lipinski definition) is 3. The van der Waals surface area contributed by atoms with Gasteiger partial charge < -0.3 is 19.5 Å². The van der Waals surface area contributed by atoms with Crippen LogP contribution in [0.15, 0.2) is 42.5 Å². The van der Waals surface area contributed by atoms with Crippen LogP contribution in [0.25, 0.3) is 0 Å². The highest BCUT2D eigenvalue weighted by Crippen LogP contribution is 2.41. The number of benzene rings is 2. The van der Waals surface area contributed by atoms with E-state index < -0.39 is 0 Å². The zero-order chi connectivity index (χ0) is 21.6. The van der Waals surface area contributed by atoms with Gasteiger partial charge in [-0.15, -0.1) is 0 Å². The van der Waals surface area contributed by atoms with Crippen molar-refractivity contribution in [3.63, 3.8) is 0 Å². The van der Waals surface area contributed by atoms with Crippen molar-refractivity contribution in [1.29, 1.82) is 0 Å². The smallest absolute Gasteiger partial charge is 0.161 e. The van der Waals surface area contributed by atoms with Crippen LogP contribution >= 0.6 is 0 Å². The SMILES string of the molecule is COc1ccc(C[NH2+]CC[C@]2(c3ccc(C)cc3)CCO[C@H](C(C)C)C2)cc1OC. The molecule has 2 N–H and O–H groups in total. The Morgan fingerprint density at radius 2 is 1.80 bits per heavy atom. The predicted octanol–water partition coefficient (Wildman–Crippen LogP) is 4.24. The normalized spacial score (nSPS) is 21.6. The van der Waals surface area contributed by atoms with Crippen LogP contribution in [0.4, 0.5) is 0 Å². The number of rotatable bonds is 9. The van der Waals surface area contributed by atoms with Crippen molar-refractivity contribution >= 4 is 0 Å². The fourth-order valence-corrected chi connectivity index (χ4v) is 4.58. The Balaban J connectivity index is 1.68. The summed E-state index contributed by atoms with van der Waals surface area (Å²) in [5.41, 5.74) is 4.25. The van der Waals surface area contributed by atoms with E-state index in [9.17, 15) is 0 Å². The van der Waals surface area contributed by atoms with E-state index in [0.29, 0.717) is 12.0 Å². The number of aryl methyl sites for hydroxylation is 1. The molecule has 0 radical (unpaired) electrons. The zero-order valence-corrected chi connectivity index (χ0v) is 19.2. The second-order valence-electron chi connectivity index (χ2n) is 8.97. The average Bonchev–Trinajstić information content (AvgIpc) is 2.77. The summed E-state index contributed by atoms with van der Waals surface area (Å²) in [5.74, 6) is 2.12. The molecule has 0 unspecified atom stereocenters. The van der Waals surface area contributed by atoms with E-state index in [1.165, 1.54) is 16.7 Å². The Morgan fingerprint density at radius 3 is 2.47 bits per heavy atom. The van der Waals surface area contributed by atoms with Gasteiger partial charge in [0.05, 0.1) is 26.9 Å². The molecular formula is C26H38NO3+. The van der Waals surface area contributed by atoms with Crippen LogP contribution in [0.2, 0.25) is 0 Å². The first kappa shape index (κ1) is 22.6. The van der Waals surface area contributed by atoms with Gasteiger partial charge in [0, 0.05) is 24.0 Å². The third-order valence-electron chi connectivity index (χ3n) is 6.57. The Morgan fingerprint density at radius 1 is 1.07 bits per heavy atom. The van der Waals surface area contributed by atoms with E-state index in [1.807, 2.05) is 6.07 Å². The van der Waals surface area contributed by atoms with E-state index in [4.69, 9.17) is 14.2 Å². The maximum atomic E-state index is 6.13. The highest BCUT2D eigenvalue weighted by atomic mass is 16.5. The lowest BCUT2D eigenvalue weighted by Crippen LogP contribution is -2.83. The molecule has 0 aliphatic carbocycles. The summed E-state index contributed by atoms with van der Waals surface area (Å²) in [4.78, 5) is 0. The molecule has 4 heteroatoms. The van der Waals surface area contributed by atoms with E-state index in [1.54, 1.807) is 14.2 Å². The minimum atomic E-state index is 0.203. The van der Waals surface area contributed by atoms with E-state index in [2.05, 4.69) is 62.5 Å². The molecule has 3 rings (SSSR count). The molecule has 0 saturated carbocycles. The van der Waals surface area contributed by atoms with Gasteiger partial charge in [-0.25, -0.2) is 0 Å². The molecule has 0 spiro atoms. The lowest BCUT2D eigenvalue weighted by Gasteiger charge is -2.42. The van der Waals surface area contributed by atoms with Crippen molar-refractivity contribution in [2.45, 2.75) is 58.1 Å². The van der Waals surface area contributed by atoms with Crippen LogP contribution in [0.5, 0.6) is 11.5 Å². The van der Waals surface area contributed by atoms with Crippen molar-refractivity contribution in [2.75, 3.05) is 27.4 Å². The molecule has 1 aliphatic heterocycles. The second-order valence-corrected chi connectivity index (χ2v) is 8.97. The van der Waals surface area contributed by atoms with Crippen LogP contribution in [-0.4, -0.2) is 33.5 Å². The van der Waals surface area contributed by atoms with Crippen LogP contribution in [0.1, 0.15) is 49.8 Å². The monoisotopic (exact) mass is 412 g/mol. The van der Waals surface area contributed by atoms with E-state index in [0.717, 1.165) is 50.5 Å². The quantitative estimate of drug-likeness (QED) is 0.627. The maximum Gasteiger partial charge on any atom is 0.161 e. The molecule has 0 amide bonds. The maximum absolute atomic E-state index is 6.13. The van der Waals surface area contributed by atoms with Crippen LogP contribution in [-0.2, 0) is 16.7 Å². The van der Waals surface area contributed by atoms with Gasteiger partial charge in [0.2, 0.25) is 0 Å². The summed E-state index contributed by atoms with van der Waals surface area (Å²) in [6.07, 6.45) is 3.71. The number of nitrogens with two attached hydrogens (primary N) is 1. The molecule has 0 aromatic heterocycles. The van der Waals surface area contributed by atoms with Crippen molar-refractivity contribution in [1.82, 2.24) is 0 Å². The summed E-state index contributed by atoms with van der Waals surface area (Å²) in [6.45, 7) is 9.60. The van der Waals surface area contributed by atoms with Crippen LogP contribution < -0.4 is 14.8 Å². The Bertz CT molecular complexity index is 802. The van der Waals surface area contributed by atoms with E-state index in [-0.39, 0.29) is 5.41 Å². The molecule has 1 fully saturated rings. The number of ether oxygens (including phenoxy) is 3. The summed E-state index contributed by atoms with van der Waals surface area (Å²) in [6, 6.07) is 15.4. The largest absolute Gasteiger partial charge is 0.493 e. The van der Waals surface area contributed by atoms with Gasteiger partial charge in [0.25, 0.3) is 0 Å². The van der Waals surface area contributed by atoms with Crippen molar-refractivity contribution in [3.05, 3.63) is 59.2 Å². The molecule has 1 aliphatic rings. The lowest BCUT2D eigenvalue weighted by molar-refractivity contribution is -0.672. The van der Waals surface area contributed by atoms with Crippen molar-refractivity contribution < 1.29 is 19.5 Å². The zero-order valence-electron chi connectivity index (χ0n) is 19.2. The minimum Gasteiger partial charge on any atom is -0.493 e. The molecule has 30 heavy (non-hydrogen) atoms. The molecule has 1 heterocycles. The van der Waals surface area contributed by atoms with Crippen LogP contribution in [0, 0.1) is 12.8 Å². The number of methoxy groups -OCH3 is 2. The van der Waals surface area contributed by atoms with Crippen molar-refractivity contribution in [3.8, 4) is 11.5 Å². The van der Waals surface area contributed by atoms with Gasteiger partial charge in [-0.05, 0) is 49.4 Å². The summed E-state index contributed by atoms with van der Waals surface area (Å²) < 4.78 is 16.9. The topological polar surface area (TPSA) is 44.3 Å². The Kier molecular flexibility index (Phi) is 7.79. The summed E-state index contributed by atoms with van der Waals surface area (Å²) in [5, 5.41) is 2.41. The number of hydrogen-bond donors (Lipinski definition) is 1. The summed E-state index contributed by atoms with van der Waals surface area (Å²) in [7, 11) is 3.36. The molecule has 2 aromatic carbocycles. The van der Waals surface area contributed by atoms with E-state index >= 15 is 0 Å². The lowest BCUT2D eigenvalue weighted by atomic mass is 9.68. The fourth-order valence-electron chi connectivity index (χ4n) is 4.58. The van der Waals surface area contributed by atoms with Gasteiger partial charge in [0.15, 0.2) is 11.5 Å². The average molecular weight is 413 g/mol. The van der Waals surface area contributed by atoms with Gasteiger partial charge in [-0.2, -0.15) is 0 Å². The first-order valence-electron chi connectivity index (χ1n) is 11.2. The molecule has 2 atom stereocenters. The standard InChI is InChI=1S/C26H37NO3/c1-19(2)25-17-26(13-15-30-25,22-9-6-20(3)7-10-22)12-14-27-18-21-8-11-23(28-4)24(16-21)29-5/h6-11,16,19,25,27H,12-15,17-18H2,1-5H3/p+1/t25-,26-/m0/s1. The third-order valence-corrected chi connectivity index (χ3v) is 6.57. The minimum absolute atomic E-state index is 0.203.